The van der Waals surface area contributed by atoms with Gasteiger partial charge in [0, 0.05) is 6.07 Å². The smallest absolute Gasteiger partial charge is 0.339 e. The van der Waals surface area contributed by atoms with Crippen molar-refractivity contribution in [3.8, 4) is 5.69 Å². The summed E-state index contributed by atoms with van der Waals surface area (Å²) >= 11 is 0. The first-order valence-electron chi connectivity index (χ1n) is 5.04. The molecular weight excluding hydrogens is 238 g/mol. The zero-order chi connectivity index (χ0) is 13.3. The summed E-state index contributed by atoms with van der Waals surface area (Å²) in [6, 6.07) is 6.03. The van der Waals surface area contributed by atoms with E-state index in [0.29, 0.717) is 5.69 Å². The number of carboxylic acids is 1. The molecule has 1 aromatic heterocycles. The van der Waals surface area contributed by atoms with Crippen LogP contribution in [0.5, 0.6) is 0 Å². The van der Waals surface area contributed by atoms with E-state index in [2.05, 4.69) is 5.10 Å². The van der Waals surface area contributed by atoms with Crippen LogP contribution >= 0.6 is 0 Å². The summed E-state index contributed by atoms with van der Waals surface area (Å²) in [7, 11) is 0. The molecule has 7 heteroatoms. The molecule has 2 rings (SSSR count). The maximum atomic E-state index is 10.9. The van der Waals surface area contributed by atoms with E-state index in [1.165, 1.54) is 23.0 Å². The first kappa shape index (κ1) is 11.8. The molecule has 0 amide bonds. The van der Waals surface area contributed by atoms with Crippen LogP contribution in [0.2, 0.25) is 0 Å². The van der Waals surface area contributed by atoms with Crippen LogP contribution < -0.4 is 0 Å². The zero-order valence-electron chi connectivity index (χ0n) is 9.40. The number of hydrogen-bond donors (Lipinski definition) is 1. The zero-order valence-corrected chi connectivity index (χ0v) is 9.40. The number of carboxylic acid groups (broad SMARTS) is 1. The third kappa shape index (κ3) is 1.81. The number of carbonyl (C=O) groups is 1. The Morgan fingerprint density at radius 2 is 2.11 bits per heavy atom. The van der Waals surface area contributed by atoms with Gasteiger partial charge >= 0.3 is 5.97 Å². The largest absolute Gasteiger partial charge is 0.478 e. The van der Waals surface area contributed by atoms with Gasteiger partial charge in [0.15, 0.2) is 0 Å². The van der Waals surface area contributed by atoms with E-state index < -0.39 is 10.9 Å². The van der Waals surface area contributed by atoms with Gasteiger partial charge in [-0.2, -0.15) is 5.10 Å². The van der Waals surface area contributed by atoms with E-state index in [4.69, 9.17) is 5.11 Å². The predicted molar refractivity (Wildman–Crippen MR) is 61.9 cm³/mol. The van der Waals surface area contributed by atoms with Crippen molar-refractivity contribution in [2.24, 2.45) is 0 Å². The van der Waals surface area contributed by atoms with Crippen molar-refractivity contribution in [3.05, 3.63) is 51.8 Å². The number of nitro groups is 1. The molecule has 0 saturated carbocycles. The number of para-hydroxylation sites is 2. The number of benzene rings is 1. The van der Waals surface area contributed by atoms with Gasteiger partial charge in [0.2, 0.25) is 0 Å². The van der Waals surface area contributed by atoms with Crippen LogP contribution in [0.4, 0.5) is 5.69 Å². The second-order valence-electron chi connectivity index (χ2n) is 3.61. The van der Waals surface area contributed by atoms with Crippen molar-refractivity contribution in [2.45, 2.75) is 6.92 Å². The summed E-state index contributed by atoms with van der Waals surface area (Å²) in [5.74, 6) is -1.11. The lowest BCUT2D eigenvalue weighted by Crippen LogP contribution is -2.05. The first-order valence-corrected chi connectivity index (χ1v) is 5.04. The molecule has 0 unspecified atom stereocenters. The van der Waals surface area contributed by atoms with E-state index in [1.54, 1.807) is 19.1 Å². The van der Waals surface area contributed by atoms with Gasteiger partial charge in [-0.3, -0.25) is 10.1 Å². The Labute approximate surface area is 101 Å². The third-order valence-electron chi connectivity index (χ3n) is 2.55. The molecule has 0 radical (unpaired) electrons. The van der Waals surface area contributed by atoms with Gasteiger partial charge in [-0.25, -0.2) is 9.48 Å². The van der Waals surface area contributed by atoms with Gasteiger partial charge in [-0.1, -0.05) is 12.1 Å². The fourth-order valence-electron chi connectivity index (χ4n) is 1.66. The molecule has 0 saturated heterocycles. The Balaban J connectivity index is 2.63. The van der Waals surface area contributed by atoms with Crippen LogP contribution in [0.25, 0.3) is 5.69 Å². The second-order valence-corrected chi connectivity index (χ2v) is 3.61. The molecule has 0 bridgehead atoms. The molecule has 1 N–H and O–H groups in total. The summed E-state index contributed by atoms with van der Waals surface area (Å²) in [4.78, 5) is 21.3. The fraction of sp³-hybridized carbons (Fsp3) is 0.0909. The second kappa shape index (κ2) is 4.28. The number of nitro benzene ring substituents is 1. The van der Waals surface area contributed by atoms with Crippen LogP contribution in [-0.2, 0) is 0 Å². The maximum absolute atomic E-state index is 10.9. The minimum Gasteiger partial charge on any atom is -0.478 e. The highest BCUT2D eigenvalue weighted by Gasteiger charge is 2.19. The summed E-state index contributed by atoms with van der Waals surface area (Å²) in [5.41, 5.74) is 0.484. The number of rotatable bonds is 3. The monoisotopic (exact) mass is 247 g/mol. The standard InChI is InChI=1S/C11H9N3O4/c1-7-8(11(15)16)6-12-13(7)9-4-2-3-5-10(9)14(17)18/h2-6H,1H3,(H,15,16). The van der Waals surface area contributed by atoms with E-state index in [1.807, 2.05) is 0 Å². The topological polar surface area (TPSA) is 98.3 Å². The van der Waals surface area contributed by atoms with Crippen molar-refractivity contribution < 1.29 is 14.8 Å². The molecular formula is C11H9N3O4. The number of nitrogens with zero attached hydrogens (tertiary/aromatic N) is 3. The fourth-order valence-corrected chi connectivity index (χ4v) is 1.66. The van der Waals surface area contributed by atoms with Gasteiger partial charge in [0.05, 0.1) is 16.8 Å². The minimum absolute atomic E-state index is 0.0214. The lowest BCUT2D eigenvalue weighted by molar-refractivity contribution is -0.384. The number of aromatic nitrogens is 2. The minimum atomic E-state index is -1.11. The van der Waals surface area contributed by atoms with E-state index in [9.17, 15) is 14.9 Å². The Kier molecular flexibility index (Phi) is 2.80. The van der Waals surface area contributed by atoms with E-state index in [-0.39, 0.29) is 16.9 Å². The van der Waals surface area contributed by atoms with Gasteiger partial charge < -0.3 is 5.11 Å². The lowest BCUT2D eigenvalue weighted by Gasteiger charge is -2.05. The molecule has 0 spiro atoms. The van der Waals surface area contributed by atoms with Gasteiger partial charge in [0.1, 0.15) is 11.3 Å². The van der Waals surface area contributed by atoms with Crippen LogP contribution in [-0.4, -0.2) is 25.8 Å². The van der Waals surface area contributed by atoms with Gasteiger partial charge in [-0.15, -0.1) is 0 Å². The van der Waals surface area contributed by atoms with Crippen molar-refractivity contribution in [1.29, 1.82) is 0 Å². The van der Waals surface area contributed by atoms with Crippen molar-refractivity contribution >= 4 is 11.7 Å². The summed E-state index contributed by atoms with van der Waals surface area (Å²) in [6.45, 7) is 1.55. The molecule has 0 aliphatic rings. The van der Waals surface area contributed by atoms with Crippen LogP contribution in [0.1, 0.15) is 16.1 Å². The molecule has 1 heterocycles. The third-order valence-corrected chi connectivity index (χ3v) is 2.55. The van der Waals surface area contributed by atoms with Crippen LogP contribution in [0, 0.1) is 17.0 Å². The molecule has 0 aliphatic carbocycles. The van der Waals surface area contributed by atoms with E-state index >= 15 is 0 Å². The molecule has 0 aliphatic heterocycles. The molecule has 1 aromatic carbocycles. The van der Waals surface area contributed by atoms with Crippen molar-refractivity contribution in [2.75, 3.05) is 0 Å². The highest BCUT2D eigenvalue weighted by Crippen LogP contribution is 2.23. The summed E-state index contributed by atoms with van der Waals surface area (Å²) in [6.07, 6.45) is 1.17. The molecule has 2 aromatic rings. The molecule has 0 fully saturated rings. The first-order chi connectivity index (χ1) is 8.52. The predicted octanol–water partition coefficient (Wildman–Crippen LogP) is 1.79. The highest BCUT2D eigenvalue weighted by molar-refractivity contribution is 5.88. The average molecular weight is 247 g/mol. The molecule has 92 valence electrons. The van der Waals surface area contributed by atoms with Crippen LogP contribution in [0.3, 0.4) is 0 Å². The summed E-state index contributed by atoms with van der Waals surface area (Å²) in [5, 5.41) is 23.7. The lowest BCUT2D eigenvalue weighted by atomic mass is 10.2. The molecule has 18 heavy (non-hydrogen) atoms. The summed E-state index contributed by atoms with van der Waals surface area (Å²) < 4.78 is 1.25. The van der Waals surface area contributed by atoms with Crippen molar-refractivity contribution in [1.82, 2.24) is 9.78 Å². The Hall–Kier alpha value is -2.70. The van der Waals surface area contributed by atoms with Gasteiger partial charge in [0.25, 0.3) is 5.69 Å². The molecule has 0 atom stereocenters. The quantitative estimate of drug-likeness (QED) is 0.658. The Bertz CT molecular complexity index is 633. The average Bonchev–Trinajstić information content (AvgIpc) is 2.71. The van der Waals surface area contributed by atoms with Crippen LogP contribution in [0.15, 0.2) is 30.5 Å². The normalized spacial score (nSPS) is 10.3. The maximum Gasteiger partial charge on any atom is 0.339 e. The van der Waals surface area contributed by atoms with Crippen molar-refractivity contribution in [3.63, 3.8) is 0 Å². The highest BCUT2D eigenvalue weighted by atomic mass is 16.6. The molecule has 7 nitrogen and oxygen atoms in total. The Morgan fingerprint density at radius 1 is 1.44 bits per heavy atom. The number of aromatic carboxylic acids is 1. The number of hydrogen-bond acceptors (Lipinski definition) is 4. The van der Waals surface area contributed by atoms with E-state index in [0.717, 1.165) is 0 Å². The SMILES string of the molecule is Cc1c(C(=O)O)cnn1-c1ccccc1[N+](=O)[O-]. The van der Waals surface area contributed by atoms with Gasteiger partial charge in [-0.05, 0) is 13.0 Å². The Morgan fingerprint density at radius 3 is 2.67 bits per heavy atom.